The van der Waals surface area contributed by atoms with Crippen molar-refractivity contribution in [3.63, 3.8) is 0 Å². The Labute approximate surface area is 106 Å². The van der Waals surface area contributed by atoms with Gasteiger partial charge in [-0.2, -0.15) is 5.10 Å². The molecule has 0 amide bonds. The van der Waals surface area contributed by atoms with Crippen LogP contribution in [0.3, 0.4) is 0 Å². The van der Waals surface area contributed by atoms with Crippen molar-refractivity contribution in [3.8, 4) is 11.1 Å². The molecule has 0 spiro atoms. The fourth-order valence-electron chi connectivity index (χ4n) is 2.42. The van der Waals surface area contributed by atoms with Crippen molar-refractivity contribution in [1.29, 1.82) is 0 Å². The van der Waals surface area contributed by atoms with Crippen LogP contribution in [0.2, 0.25) is 5.02 Å². The lowest BCUT2D eigenvalue weighted by Crippen LogP contribution is -2.11. The minimum absolute atomic E-state index is 0.832. The van der Waals surface area contributed by atoms with Gasteiger partial charge in [-0.3, -0.25) is 4.68 Å². The van der Waals surface area contributed by atoms with Crippen molar-refractivity contribution in [3.05, 3.63) is 40.7 Å². The van der Waals surface area contributed by atoms with E-state index in [9.17, 15) is 0 Å². The number of halogens is 1. The molecule has 1 aromatic heterocycles. The zero-order valence-corrected chi connectivity index (χ0v) is 10.7. The van der Waals surface area contributed by atoms with Crippen LogP contribution in [0.5, 0.6) is 0 Å². The van der Waals surface area contributed by atoms with Gasteiger partial charge in [-0.25, -0.2) is 0 Å². The van der Waals surface area contributed by atoms with E-state index in [4.69, 9.17) is 11.6 Å². The Morgan fingerprint density at radius 3 is 3.00 bits per heavy atom. The minimum Gasteiger partial charge on any atom is -0.269 e. The zero-order valence-electron chi connectivity index (χ0n) is 9.91. The van der Waals surface area contributed by atoms with Gasteiger partial charge >= 0.3 is 0 Å². The van der Waals surface area contributed by atoms with Crippen LogP contribution in [0.25, 0.3) is 11.1 Å². The quantitative estimate of drug-likeness (QED) is 0.747. The van der Waals surface area contributed by atoms with Crippen LogP contribution in [-0.4, -0.2) is 9.78 Å². The second kappa shape index (κ2) is 4.19. The summed E-state index contributed by atoms with van der Waals surface area (Å²) in [5, 5.41) is 5.29. The third kappa shape index (κ3) is 1.87. The SMILES string of the molecule is Cc1ccc(-c2cnn3c2CCCC3)cc1Cl. The van der Waals surface area contributed by atoms with Gasteiger partial charge in [0.05, 0.1) is 6.20 Å². The molecule has 0 fully saturated rings. The Morgan fingerprint density at radius 1 is 1.29 bits per heavy atom. The van der Waals surface area contributed by atoms with Gasteiger partial charge in [0.1, 0.15) is 0 Å². The highest BCUT2D eigenvalue weighted by Gasteiger charge is 2.16. The molecule has 2 aromatic rings. The maximum Gasteiger partial charge on any atom is 0.0571 e. The standard InChI is InChI=1S/C14H15ClN2/c1-10-5-6-11(8-13(10)15)12-9-16-17-7-3-2-4-14(12)17/h5-6,8-9H,2-4,7H2,1H3. The predicted octanol–water partition coefficient (Wildman–Crippen LogP) is 3.85. The molecule has 1 aliphatic heterocycles. The van der Waals surface area contributed by atoms with Crippen LogP contribution in [0, 0.1) is 6.92 Å². The maximum atomic E-state index is 6.19. The molecule has 0 bridgehead atoms. The second-order valence-electron chi connectivity index (χ2n) is 4.65. The molecule has 3 heteroatoms. The number of nitrogens with zero attached hydrogens (tertiary/aromatic N) is 2. The summed E-state index contributed by atoms with van der Waals surface area (Å²) in [6, 6.07) is 6.25. The lowest BCUT2D eigenvalue weighted by molar-refractivity contribution is 0.487. The van der Waals surface area contributed by atoms with Gasteiger partial charge in [0.15, 0.2) is 0 Å². The van der Waals surface area contributed by atoms with E-state index in [0.29, 0.717) is 0 Å². The highest BCUT2D eigenvalue weighted by Crippen LogP contribution is 2.30. The van der Waals surface area contributed by atoms with Crippen molar-refractivity contribution in [2.45, 2.75) is 32.7 Å². The molecule has 3 rings (SSSR count). The Hall–Kier alpha value is -1.28. The summed E-state index contributed by atoms with van der Waals surface area (Å²) >= 11 is 6.19. The van der Waals surface area contributed by atoms with Crippen molar-refractivity contribution in [1.82, 2.24) is 9.78 Å². The molecule has 1 aromatic carbocycles. The summed E-state index contributed by atoms with van der Waals surface area (Å²) in [5.74, 6) is 0. The van der Waals surface area contributed by atoms with E-state index in [0.717, 1.165) is 23.6 Å². The molecular formula is C14H15ClN2. The van der Waals surface area contributed by atoms with E-state index in [1.165, 1.54) is 29.7 Å². The van der Waals surface area contributed by atoms with Gasteiger partial charge in [-0.05, 0) is 43.4 Å². The first-order chi connectivity index (χ1) is 8.25. The first-order valence-electron chi connectivity index (χ1n) is 6.07. The fourth-order valence-corrected chi connectivity index (χ4v) is 2.60. The van der Waals surface area contributed by atoms with Gasteiger partial charge in [0, 0.05) is 22.8 Å². The number of hydrogen-bond acceptors (Lipinski definition) is 1. The molecule has 0 N–H and O–H groups in total. The smallest absolute Gasteiger partial charge is 0.0571 e. The molecule has 2 nitrogen and oxygen atoms in total. The molecule has 0 radical (unpaired) electrons. The summed E-state index contributed by atoms with van der Waals surface area (Å²) in [4.78, 5) is 0. The van der Waals surface area contributed by atoms with Gasteiger partial charge in [0.2, 0.25) is 0 Å². The monoisotopic (exact) mass is 246 g/mol. The molecule has 17 heavy (non-hydrogen) atoms. The Bertz CT molecular complexity index is 557. The van der Waals surface area contributed by atoms with E-state index < -0.39 is 0 Å². The van der Waals surface area contributed by atoms with Crippen LogP contribution >= 0.6 is 11.6 Å². The number of aromatic nitrogens is 2. The normalized spacial score (nSPS) is 14.7. The van der Waals surface area contributed by atoms with E-state index >= 15 is 0 Å². The lowest BCUT2D eigenvalue weighted by atomic mass is 10.0. The summed E-state index contributed by atoms with van der Waals surface area (Å²) in [6.07, 6.45) is 5.60. The average molecular weight is 247 g/mol. The average Bonchev–Trinajstić information content (AvgIpc) is 2.76. The van der Waals surface area contributed by atoms with Crippen molar-refractivity contribution < 1.29 is 0 Å². The molecule has 1 aliphatic rings. The van der Waals surface area contributed by atoms with Crippen LogP contribution in [0.4, 0.5) is 0 Å². The maximum absolute atomic E-state index is 6.19. The third-order valence-corrected chi connectivity index (χ3v) is 3.87. The Kier molecular flexibility index (Phi) is 2.67. The lowest BCUT2D eigenvalue weighted by Gasteiger charge is -2.15. The molecule has 0 unspecified atom stereocenters. The van der Waals surface area contributed by atoms with Gasteiger partial charge in [0.25, 0.3) is 0 Å². The highest BCUT2D eigenvalue weighted by atomic mass is 35.5. The Morgan fingerprint density at radius 2 is 2.18 bits per heavy atom. The van der Waals surface area contributed by atoms with E-state index in [1.54, 1.807) is 0 Å². The fraction of sp³-hybridized carbons (Fsp3) is 0.357. The van der Waals surface area contributed by atoms with E-state index in [-0.39, 0.29) is 0 Å². The van der Waals surface area contributed by atoms with Crippen molar-refractivity contribution >= 4 is 11.6 Å². The second-order valence-corrected chi connectivity index (χ2v) is 5.06. The number of hydrogen-bond donors (Lipinski definition) is 0. The largest absolute Gasteiger partial charge is 0.269 e. The van der Waals surface area contributed by atoms with Crippen molar-refractivity contribution in [2.75, 3.05) is 0 Å². The zero-order chi connectivity index (χ0) is 11.8. The first-order valence-corrected chi connectivity index (χ1v) is 6.45. The number of aryl methyl sites for hydroxylation is 2. The number of rotatable bonds is 1. The number of benzene rings is 1. The van der Waals surface area contributed by atoms with Gasteiger partial charge in [-0.1, -0.05) is 23.7 Å². The van der Waals surface area contributed by atoms with E-state index in [2.05, 4.69) is 21.9 Å². The first kappa shape index (κ1) is 10.8. The van der Waals surface area contributed by atoms with Crippen LogP contribution in [0.15, 0.2) is 24.4 Å². The van der Waals surface area contributed by atoms with Gasteiger partial charge in [-0.15, -0.1) is 0 Å². The molecule has 88 valence electrons. The summed E-state index contributed by atoms with van der Waals surface area (Å²) in [5.41, 5.74) is 4.91. The van der Waals surface area contributed by atoms with E-state index in [1.807, 2.05) is 19.2 Å². The van der Waals surface area contributed by atoms with Crippen LogP contribution < -0.4 is 0 Å². The molecule has 0 aliphatic carbocycles. The molecular weight excluding hydrogens is 232 g/mol. The van der Waals surface area contributed by atoms with Crippen LogP contribution in [0.1, 0.15) is 24.1 Å². The molecule has 0 saturated heterocycles. The molecule has 2 heterocycles. The summed E-state index contributed by atoms with van der Waals surface area (Å²) in [6.45, 7) is 3.08. The predicted molar refractivity (Wildman–Crippen MR) is 70.3 cm³/mol. The summed E-state index contributed by atoms with van der Waals surface area (Å²) < 4.78 is 2.13. The number of fused-ring (bicyclic) bond motifs is 1. The molecule has 0 saturated carbocycles. The summed E-state index contributed by atoms with van der Waals surface area (Å²) in [7, 11) is 0. The molecule has 0 atom stereocenters. The Balaban J connectivity index is 2.09. The highest BCUT2D eigenvalue weighted by molar-refractivity contribution is 6.31. The minimum atomic E-state index is 0.832. The van der Waals surface area contributed by atoms with Crippen LogP contribution in [-0.2, 0) is 13.0 Å². The van der Waals surface area contributed by atoms with Crippen molar-refractivity contribution in [2.24, 2.45) is 0 Å². The third-order valence-electron chi connectivity index (χ3n) is 3.47. The topological polar surface area (TPSA) is 17.8 Å². The van der Waals surface area contributed by atoms with Gasteiger partial charge < -0.3 is 0 Å².